The lowest BCUT2D eigenvalue weighted by atomic mass is 10.1. The fraction of sp³-hybridized carbons (Fsp3) is 0. The van der Waals surface area contributed by atoms with E-state index >= 15 is 0 Å². The Balaban J connectivity index is 1.91. The lowest BCUT2D eigenvalue weighted by molar-refractivity contribution is 0.549. The van der Waals surface area contributed by atoms with Gasteiger partial charge in [-0.05, 0) is 24.3 Å². The molecule has 0 spiro atoms. The van der Waals surface area contributed by atoms with E-state index in [1.165, 1.54) is 0 Å². The monoisotopic (exact) mass is 343 g/mol. The molecule has 0 aliphatic carbocycles. The molecule has 0 radical (unpaired) electrons. The van der Waals surface area contributed by atoms with Crippen LogP contribution in [0.5, 0.6) is 0 Å². The SMILES string of the molecule is Clc1ccccc1-c1cc2ccccc2n1-c1occ2ccccc12. The maximum absolute atomic E-state index is 6.49. The Morgan fingerprint density at radius 2 is 1.48 bits per heavy atom. The molecule has 0 amide bonds. The molecule has 5 aromatic rings. The van der Waals surface area contributed by atoms with Crippen LogP contribution in [0.25, 0.3) is 38.8 Å². The summed E-state index contributed by atoms with van der Waals surface area (Å²) in [6.07, 6.45) is 1.80. The molecule has 3 heteroatoms. The van der Waals surface area contributed by atoms with E-state index in [1.807, 2.05) is 48.5 Å². The minimum absolute atomic E-state index is 0.724. The van der Waals surface area contributed by atoms with Crippen molar-refractivity contribution in [3.8, 4) is 17.1 Å². The molecule has 2 aromatic heterocycles. The van der Waals surface area contributed by atoms with Crippen LogP contribution in [0.3, 0.4) is 0 Å². The summed E-state index contributed by atoms with van der Waals surface area (Å²) >= 11 is 6.49. The molecule has 0 fully saturated rings. The van der Waals surface area contributed by atoms with Gasteiger partial charge in [-0.2, -0.15) is 0 Å². The Morgan fingerprint density at radius 3 is 2.36 bits per heavy atom. The summed E-state index contributed by atoms with van der Waals surface area (Å²) < 4.78 is 8.14. The topological polar surface area (TPSA) is 18.1 Å². The van der Waals surface area contributed by atoms with Gasteiger partial charge >= 0.3 is 0 Å². The molecule has 0 aliphatic heterocycles. The van der Waals surface area contributed by atoms with Gasteiger partial charge in [0.1, 0.15) is 6.26 Å². The van der Waals surface area contributed by atoms with Gasteiger partial charge in [0, 0.05) is 26.7 Å². The molecule has 0 bridgehead atoms. The Hall–Kier alpha value is -2.97. The van der Waals surface area contributed by atoms with Crippen molar-refractivity contribution in [1.29, 1.82) is 0 Å². The highest BCUT2D eigenvalue weighted by atomic mass is 35.5. The van der Waals surface area contributed by atoms with Gasteiger partial charge in [0.15, 0.2) is 0 Å². The smallest absolute Gasteiger partial charge is 0.212 e. The average molecular weight is 344 g/mol. The van der Waals surface area contributed by atoms with Gasteiger partial charge < -0.3 is 4.42 Å². The number of halogens is 1. The zero-order chi connectivity index (χ0) is 16.8. The number of hydrogen-bond acceptors (Lipinski definition) is 1. The first-order valence-corrected chi connectivity index (χ1v) is 8.53. The number of aromatic nitrogens is 1. The van der Waals surface area contributed by atoms with Gasteiger partial charge in [-0.1, -0.05) is 66.2 Å². The van der Waals surface area contributed by atoms with Crippen molar-refractivity contribution in [2.45, 2.75) is 0 Å². The van der Waals surface area contributed by atoms with Gasteiger partial charge in [0.05, 0.1) is 11.2 Å². The van der Waals surface area contributed by atoms with Crippen LogP contribution in [-0.2, 0) is 0 Å². The summed E-state index contributed by atoms with van der Waals surface area (Å²) in [5, 5.41) is 4.04. The van der Waals surface area contributed by atoms with Crippen LogP contribution < -0.4 is 0 Å². The van der Waals surface area contributed by atoms with Crippen molar-refractivity contribution in [3.63, 3.8) is 0 Å². The zero-order valence-corrected chi connectivity index (χ0v) is 14.1. The van der Waals surface area contributed by atoms with E-state index in [4.69, 9.17) is 16.0 Å². The quantitative estimate of drug-likeness (QED) is 0.349. The maximum atomic E-state index is 6.49. The van der Waals surface area contributed by atoms with Crippen LogP contribution in [-0.4, -0.2) is 4.57 Å². The summed E-state index contributed by atoms with van der Waals surface area (Å²) in [6.45, 7) is 0. The molecule has 25 heavy (non-hydrogen) atoms. The number of benzene rings is 3. The van der Waals surface area contributed by atoms with Crippen LogP contribution in [0, 0.1) is 0 Å². The first kappa shape index (κ1) is 14.4. The van der Waals surface area contributed by atoms with Crippen molar-refractivity contribution in [2.24, 2.45) is 0 Å². The van der Waals surface area contributed by atoms with E-state index in [0.717, 1.165) is 43.8 Å². The minimum Gasteiger partial charge on any atom is -0.447 e. The molecule has 0 unspecified atom stereocenters. The Bertz CT molecular complexity index is 1220. The van der Waals surface area contributed by atoms with E-state index in [9.17, 15) is 0 Å². The number of rotatable bonds is 2. The molecule has 0 atom stereocenters. The molecule has 0 saturated heterocycles. The fourth-order valence-corrected chi connectivity index (χ4v) is 3.62. The predicted octanol–water partition coefficient (Wildman–Crippen LogP) is 6.70. The zero-order valence-electron chi connectivity index (χ0n) is 13.3. The molecular weight excluding hydrogens is 330 g/mol. The summed E-state index contributed by atoms with van der Waals surface area (Å²) in [7, 11) is 0. The first-order chi connectivity index (χ1) is 12.3. The normalized spacial score (nSPS) is 11.4. The highest BCUT2D eigenvalue weighted by Gasteiger charge is 2.18. The lowest BCUT2D eigenvalue weighted by Crippen LogP contribution is -1.96. The van der Waals surface area contributed by atoms with E-state index in [-0.39, 0.29) is 0 Å². The van der Waals surface area contributed by atoms with Crippen molar-refractivity contribution in [2.75, 3.05) is 0 Å². The third kappa shape index (κ3) is 2.19. The van der Waals surface area contributed by atoms with Crippen LogP contribution in [0.2, 0.25) is 5.02 Å². The highest BCUT2D eigenvalue weighted by Crippen LogP contribution is 2.37. The minimum atomic E-state index is 0.724. The van der Waals surface area contributed by atoms with Gasteiger partial charge in [0.25, 0.3) is 0 Å². The predicted molar refractivity (Wildman–Crippen MR) is 103 cm³/mol. The number of hydrogen-bond donors (Lipinski definition) is 0. The van der Waals surface area contributed by atoms with Crippen molar-refractivity contribution in [1.82, 2.24) is 4.57 Å². The van der Waals surface area contributed by atoms with Crippen LogP contribution in [0.1, 0.15) is 0 Å². The van der Waals surface area contributed by atoms with Crippen molar-refractivity contribution < 1.29 is 4.42 Å². The summed E-state index contributed by atoms with van der Waals surface area (Å²) in [5.74, 6) is 0.812. The molecule has 5 rings (SSSR count). The second-order valence-electron chi connectivity index (χ2n) is 6.03. The first-order valence-electron chi connectivity index (χ1n) is 8.15. The molecule has 0 aliphatic rings. The standard InChI is InChI=1S/C22H14ClNO/c23-19-11-5-4-10-18(19)21-13-15-7-2-6-12-20(15)24(21)22-17-9-3-1-8-16(17)14-25-22/h1-14H. The number of nitrogens with zero attached hydrogens (tertiary/aromatic N) is 1. The second kappa shape index (κ2) is 5.54. The highest BCUT2D eigenvalue weighted by molar-refractivity contribution is 6.33. The van der Waals surface area contributed by atoms with Gasteiger partial charge in [-0.3, -0.25) is 4.57 Å². The van der Waals surface area contributed by atoms with E-state index in [0.29, 0.717) is 0 Å². The Kier molecular flexibility index (Phi) is 3.19. The summed E-state index contributed by atoms with van der Waals surface area (Å²) in [6, 6.07) is 26.6. The van der Waals surface area contributed by atoms with Gasteiger partial charge in [-0.25, -0.2) is 0 Å². The van der Waals surface area contributed by atoms with Crippen LogP contribution in [0.15, 0.2) is 89.5 Å². The third-order valence-corrected chi connectivity index (χ3v) is 4.88. The fourth-order valence-electron chi connectivity index (χ4n) is 3.39. The van der Waals surface area contributed by atoms with Crippen molar-refractivity contribution >= 4 is 33.3 Å². The summed E-state index contributed by atoms with van der Waals surface area (Å²) in [4.78, 5) is 0. The largest absolute Gasteiger partial charge is 0.447 e. The average Bonchev–Trinajstić information content (AvgIpc) is 3.23. The van der Waals surface area contributed by atoms with E-state index in [2.05, 4.69) is 34.9 Å². The molecule has 2 heterocycles. The molecular formula is C22H14ClNO. The van der Waals surface area contributed by atoms with Crippen LogP contribution in [0.4, 0.5) is 0 Å². The molecule has 0 saturated carbocycles. The number of para-hydroxylation sites is 1. The van der Waals surface area contributed by atoms with Crippen LogP contribution >= 0.6 is 11.6 Å². The molecule has 2 nitrogen and oxygen atoms in total. The van der Waals surface area contributed by atoms with Gasteiger partial charge in [0.2, 0.25) is 5.88 Å². The summed E-state index contributed by atoms with van der Waals surface area (Å²) in [5.41, 5.74) is 3.10. The molecule has 0 N–H and O–H groups in total. The van der Waals surface area contributed by atoms with Crippen molar-refractivity contribution in [3.05, 3.63) is 90.1 Å². The van der Waals surface area contributed by atoms with E-state index in [1.54, 1.807) is 6.26 Å². The van der Waals surface area contributed by atoms with E-state index < -0.39 is 0 Å². The number of fused-ring (bicyclic) bond motifs is 2. The second-order valence-corrected chi connectivity index (χ2v) is 6.44. The molecule has 3 aromatic carbocycles. The number of furan rings is 1. The Morgan fingerprint density at radius 1 is 0.760 bits per heavy atom. The molecule has 120 valence electrons. The maximum Gasteiger partial charge on any atom is 0.212 e. The Labute approximate surface area is 149 Å². The lowest BCUT2D eigenvalue weighted by Gasteiger charge is -2.10. The van der Waals surface area contributed by atoms with Gasteiger partial charge in [-0.15, -0.1) is 0 Å². The third-order valence-electron chi connectivity index (χ3n) is 4.55.